The summed E-state index contributed by atoms with van der Waals surface area (Å²) in [7, 11) is 0. The summed E-state index contributed by atoms with van der Waals surface area (Å²) in [4.78, 5) is 28.6. The van der Waals surface area contributed by atoms with E-state index in [1.54, 1.807) is 17.5 Å². The number of halogens is 1. The van der Waals surface area contributed by atoms with Crippen LogP contribution in [0.5, 0.6) is 0 Å². The maximum absolute atomic E-state index is 13.1. The van der Waals surface area contributed by atoms with Crippen LogP contribution < -0.4 is 5.32 Å². The molecule has 4 heterocycles. The lowest BCUT2D eigenvalue weighted by molar-refractivity contribution is 0.0792. The molecule has 1 fully saturated rings. The molecule has 1 N–H and O–H groups in total. The van der Waals surface area contributed by atoms with Crippen molar-refractivity contribution < 1.29 is 9.53 Å². The van der Waals surface area contributed by atoms with Crippen molar-refractivity contribution in [3.05, 3.63) is 63.0 Å². The molecule has 2 aliphatic rings. The van der Waals surface area contributed by atoms with E-state index < -0.39 is 0 Å². The topological polar surface area (TPSA) is 80.2 Å². The van der Waals surface area contributed by atoms with E-state index in [0.717, 1.165) is 47.9 Å². The highest BCUT2D eigenvalue weighted by Crippen LogP contribution is 2.32. The SMILES string of the molecule is CC(C)c1nc([CH]CN2Cc3ccc(-c4nc(NC5CCOCC5)ncc4Cl)cc3C2=O)cs1. The standard InChI is InChI=1S/C25H27ClN5O2S/c1-15(2)23-28-19(14-34-23)5-8-31-13-17-4-3-16(11-20(17)24(31)32)22-21(26)12-27-25(30-22)29-18-6-9-33-10-7-18/h3-5,11-12,14-15,18H,6-10,13H2,1-2H3,(H,27,29,30). The monoisotopic (exact) mass is 496 g/mol. The molecule has 0 saturated carbocycles. The minimum atomic E-state index is 0.0122. The van der Waals surface area contributed by atoms with Crippen LogP contribution in [0.3, 0.4) is 0 Å². The van der Waals surface area contributed by atoms with E-state index in [0.29, 0.717) is 41.2 Å². The Morgan fingerprint density at radius 2 is 2.12 bits per heavy atom. The molecule has 0 bridgehead atoms. The highest BCUT2D eigenvalue weighted by atomic mass is 35.5. The van der Waals surface area contributed by atoms with Gasteiger partial charge in [0.1, 0.15) is 0 Å². The van der Waals surface area contributed by atoms with E-state index in [4.69, 9.17) is 16.3 Å². The Labute approximate surface area is 208 Å². The summed E-state index contributed by atoms with van der Waals surface area (Å²) in [5.74, 6) is 0.959. The Bertz CT molecular complexity index is 1190. The number of hydrogen-bond acceptors (Lipinski definition) is 7. The lowest BCUT2D eigenvalue weighted by Gasteiger charge is -2.23. The van der Waals surface area contributed by atoms with Gasteiger partial charge in [0, 0.05) is 61.2 Å². The largest absolute Gasteiger partial charge is 0.381 e. The van der Waals surface area contributed by atoms with Crippen LogP contribution in [0, 0.1) is 6.42 Å². The van der Waals surface area contributed by atoms with Gasteiger partial charge < -0.3 is 15.0 Å². The van der Waals surface area contributed by atoms with Crippen molar-refractivity contribution in [1.29, 1.82) is 0 Å². The molecule has 34 heavy (non-hydrogen) atoms. The van der Waals surface area contributed by atoms with Crippen LogP contribution in [-0.4, -0.2) is 51.6 Å². The van der Waals surface area contributed by atoms with Crippen molar-refractivity contribution in [2.45, 2.75) is 45.2 Å². The van der Waals surface area contributed by atoms with E-state index >= 15 is 0 Å². The maximum atomic E-state index is 13.1. The molecule has 9 heteroatoms. The number of aromatic nitrogens is 3. The molecule has 1 aromatic carbocycles. The van der Waals surface area contributed by atoms with Crippen molar-refractivity contribution in [3.8, 4) is 11.3 Å². The van der Waals surface area contributed by atoms with Gasteiger partial charge in [0.15, 0.2) is 0 Å². The zero-order valence-electron chi connectivity index (χ0n) is 19.3. The van der Waals surface area contributed by atoms with E-state index in [1.165, 1.54) is 0 Å². The molecule has 3 aromatic rings. The van der Waals surface area contributed by atoms with Gasteiger partial charge in [-0.25, -0.2) is 15.0 Å². The number of nitrogens with one attached hydrogen (secondary N) is 1. The van der Waals surface area contributed by atoms with E-state index in [1.807, 2.05) is 34.9 Å². The van der Waals surface area contributed by atoms with Crippen molar-refractivity contribution in [2.75, 3.05) is 25.1 Å². The Morgan fingerprint density at radius 1 is 1.29 bits per heavy atom. The first-order valence-electron chi connectivity index (χ1n) is 11.6. The van der Waals surface area contributed by atoms with Gasteiger partial charge in [-0.2, -0.15) is 0 Å². The third-order valence-electron chi connectivity index (χ3n) is 6.12. The number of fused-ring (bicyclic) bond motifs is 1. The van der Waals surface area contributed by atoms with Crippen molar-refractivity contribution >= 4 is 34.8 Å². The maximum Gasteiger partial charge on any atom is 0.254 e. The van der Waals surface area contributed by atoms with E-state index in [2.05, 4.69) is 34.1 Å². The molecule has 0 atom stereocenters. The third kappa shape index (κ3) is 4.94. The molecule has 1 amide bonds. The first kappa shape index (κ1) is 23.2. The molecule has 2 aliphatic heterocycles. The smallest absolute Gasteiger partial charge is 0.254 e. The Balaban J connectivity index is 1.30. The fraction of sp³-hybridized carbons (Fsp3) is 0.400. The fourth-order valence-electron chi connectivity index (χ4n) is 4.18. The molecule has 0 spiro atoms. The van der Waals surface area contributed by atoms with Gasteiger partial charge in [-0.05, 0) is 24.5 Å². The number of carbonyl (C=O) groups excluding carboxylic acids is 1. The molecule has 1 radical (unpaired) electrons. The van der Waals surface area contributed by atoms with Gasteiger partial charge in [0.05, 0.1) is 27.6 Å². The van der Waals surface area contributed by atoms with Crippen LogP contribution in [-0.2, 0) is 11.3 Å². The molecule has 5 rings (SSSR count). The highest BCUT2D eigenvalue weighted by molar-refractivity contribution is 7.09. The van der Waals surface area contributed by atoms with Crippen molar-refractivity contribution in [2.24, 2.45) is 0 Å². The second-order valence-corrected chi connectivity index (χ2v) is 10.2. The first-order valence-corrected chi connectivity index (χ1v) is 12.8. The predicted molar refractivity (Wildman–Crippen MR) is 134 cm³/mol. The lowest BCUT2D eigenvalue weighted by atomic mass is 10.0. The minimum Gasteiger partial charge on any atom is -0.381 e. The Hall–Kier alpha value is -2.55. The molecule has 177 valence electrons. The number of anilines is 1. The number of benzene rings is 1. The van der Waals surface area contributed by atoms with Crippen LogP contribution >= 0.6 is 22.9 Å². The highest BCUT2D eigenvalue weighted by Gasteiger charge is 2.28. The predicted octanol–water partition coefficient (Wildman–Crippen LogP) is 5.18. The summed E-state index contributed by atoms with van der Waals surface area (Å²) in [6.07, 6.45) is 5.46. The molecule has 2 aromatic heterocycles. The van der Waals surface area contributed by atoms with Crippen LogP contribution in [0.25, 0.3) is 11.3 Å². The van der Waals surface area contributed by atoms with Crippen LogP contribution in [0.15, 0.2) is 29.8 Å². The van der Waals surface area contributed by atoms with E-state index in [-0.39, 0.29) is 11.9 Å². The summed E-state index contributed by atoms with van der Waals surface area (Å²) in [6, 6.07) is 6.14. The van der Waals surface area contributed by atoms with Crippen LogP contribution in [0.4, 0.5) is 5.95 Å². The lowest BCUT2D eigenvalue weighted by Crippen LogP contribution is -2.28. The number of hydrogen-bond donors (Lipinski definition) is 1. The van der Waals surface area contributed by atoms with Crippen LogP contribution in [0.1, 0.15) is 59.2 Å². The second kappa shape index (κ2) is 9.98. The molecule has 1 saturated heterocycles. The summed E-state index contributed by atoms with van der Waals surface area (Å²) >= 11 is 8.11. The minimum absolute atomic E-state index is 0.0122. The number of nitrogens with zero attached hydrogens (tertiary/aromatic N) is 4. The average molecular weight is 497 g/mol. The van der Waals surface area contributed by atoms with Crippen LogP contribution in [0.2, 0.25) is 5.02 Å². The molecule has 0 unspecified atom stereocenters. The molecule has 0 aliphatic carbocycles. The Morgan fingerprint density at radius 3 is 2.88 bits per heavy atom. The quantitative estimate of drug-likeness (QED) is 0.485. The molecular weight excluding hydrogens is 470 g/mol. The zero-order chi connectivity index (χ0) is 23.7. The number of rotatable bonds is 7. The van der Waals surface area contributed by atoms with Crippen molar-refractivity contribution in [1.82, 2.24) is 19.9 Å². The normalized spacial score (nSPS) is 16.4. The zero-order valence-corrected chi connectivity index (χ0v) is 20.8. The summed E-state index contributed by atoms with van der Waals surface area (Å²) in [5.41, 5.74) is 4.06. The molecular formula is C25H27ClN5O2S. The number of amides is 1. The number of thiazole rings is 1. The van der Waals surface area contributed by atoms with Gasteiger partial charge >= 0.3 is 0 Å². The fourth-order valence-corrected chi connectivity index (χ4v) is 5.20. The van der Waals surface area contributed by atoms with E-state index in [9.17, 15) is 4.79 Å². The second-order valence-electron chi connectivity index (χ2n) is 8.95. The van der Waals surface area contributed by atoms with Gasteiger partial charge in [0.25, 0.3) is 5.91 Å². The molecule has 7 nitrogen and oxygen atoms in total. The number of carbonyl (C=O) groups is 1. The Kier molecular flexibility index (Phi) is 6.81. The van der Waals surface area contributed by atoms with Crippen molar-refractivity contribution in [3.63, 3.8) is 0 Å². The summed E-state index contributed by atoms with van der Waals surface area (Å²) < 4.78 is 5.42. The van der Waals surface area contributed by atoms with Gasteiger partial charge in [-0.3, -0.25) is 4.79 Å². The summed E-state index contributed by atoms with van der Waals surface area (Å²) in [6.45, 7) is 6.85. The first-order chi connectivity index (χ1) is 16.5. The van der Waals surface area contributed by atoms with Gasteiger partial charge in [-0.15, -0.1) is 11.3 Å². The third-order valence-corrected chi connectivity index (χ3v) is 7.56. The average Bonchev–Trinajstić information content (AvgIpc) is 3.44. The number of ether oxygens (including phenoxy) is 1. The van der Waals surface area contributed by atoms with Gasteiger partial charge in [-0.1, -0.05) is 37.6 Å². The van der Waals surface area contributed by atoms with Gasteiger partial charge in [0.2, 0.25) is 5.95 Å². The summed E-state index contributed by atoms with van der Waals surface area (Å²) in [5, 5.41) is 6.99.